The summed E-state index contributed by atoms with van der Waals surface area (Å²) in [6.45, 7) is 0.545. The van der Waals surface area contributed by atoms with E-state index in [0.717, 1.165) is 12.2 Å². The van der Waals surface area contributed by atoms with Crippen molar-refractivity contribution in [2.45, 2.75) is 6.42 Å². The van der Waals surface area contributed by atoms with Gasteiger partial charge in [-0.05, 0) is 46.5 Å². The van der Waals surface area contributed by atoms with Crippen LogP contribution in [0.25, 0.3) is 0 Å². The molecule has 2 amide bonds. The van der Waals surface area contributed by atoms with Crippen LogP contribution in [0.4, 0.5) is 10.5 Å². The quantitative estimate of drug-likeness (QED) is 0.606. The first-order chi connectivity index (χ1) is 9.45. The Hall–Kier alpha value is -0.730. The molecule has 0 aliphatic rings. The monoisotopic (exact) mass is 424 g/mol. The van der Waals surface area contributed by atoms with E-state index < -0.39 is 12.0 Å². The first-order valence-corrected chi connectivity index (χ1v) is 8.69. The Morgan fingerprint density at radius 1 is 1.35 bits per heavy atom. The number of anilines is 1. The third kappa shape index (κ3) is 5.34. The second-order valence-electron chi connectivity index (χ2n) is 3.84. The number of carboxylic acids is 1. The van der Waals surface area contributed by atoms with Crippen molar-refractivity contribution < 1.29 is 14.7 Å². The summed E-state index contributed by atoms with van der Waals surface area (Å²) in [7, 11) is 0. The molecule has 0 saturated carbocycles. The van der Waals surface area contributed by atoms with Gasteiger partial charge in [0.2, 0.25) is 0 Å². The second-order valence-corrected chi connectivity index (χ2v) is 6.60. The van der Waals surface area contributed by atoms with Crippen LogP contribution in [0.15, 0.2) is 21.1 Å². The van der Waals surface area contributed by atoms with Gasteiger partial charge in [0, 0.05) is 15.5 Å². The number of carboxylic acid groups (broad SMARTS) is 1. The highest BCUT2D eigenvalue weighted by Crippen LogP contribution is 2.30. The Morgan fingerprint density at radius 3 is 2.65 bits per heavy atom. The lowest BCUT2D eigenvalue weighted by atomic mass is 10.2. The molecule has 1 aromatic carbocycles. The van der Waals surface area contributed by atoms with Crippen molar-refractivity contribution in [3.8, 4) is 0 Å². The normalized spacial score (nSPS) is 10.2. The highest BCUT2D eigenvalue weighted by Gasteiger charge is 2.16. The molecule has 3 N–H and O–H groups in total. The average Bonchev–Trinajstić information content (AvgIpc) is 2.37. The smallest absolute Gasteiger partial charge is 0.337 e. The lowest BCUT2D eigenvalue weighted by Gasteiger charge is -2.12. The summed E-state index contributed by atoms with van der Waals surface area (Å²) in [5.74, 6) is -0.146. The van der Waals surface area contributed by atoms with E-state index in [1.807, 2.05) is 6.26 Å². The first-order valence-electron chi connectivity index (χ1n) is 5.71. The standard InChI is InChI=1S/C12H14Br2N2O3S/c1-20-4-2-3-15-12(19)16-10-8(11(17)18)5-7(13)6-9(10)14/h5-6H,2-4H2,1H3,(H,17,18)(H2,15,16,19). The summed E-state index contributed by atoms with van der Waals surface area (Å²) in [5, 5.41) is 14.4. The van der Waals surface area contributed by atoms with Crippen molar-refractivity contribution in [3.63, 3.8) is 0 Å². The number of nitrogens with one attached hydrogen (secondary N) is 2. The zero-order valence-electron chi connectivity index (χ0n) is 10.7. The summed E-state index contributed by atoms with van der Waals surface area (Å²) in [4.78, 5) is 22.9. The fourth-order valence-electron chi connectivity index (χ4n) is 1.45. The second kappa shape index (κ2) is 8.53. The molecule has 0 unspecified atom stereocenters. The van der Waals surface area contributed by atoms with E-state index in [0.29, 0.717) is 15.5 Å². The number of benzene rings is 1. The molecule has 0 spiro atoms. The average molecular weight is 426 g/mol. The fourth-order valence-corrected chi connectivity index (χ4v) is 3.20. The van der Waals surface area contributed by atoms with Crippen LogP contribution in [0.1, 0.15) is 16.8 Å². The number of rotatable bonds is 6. The molecule has 1 aromatic rings. The first kappa shape index (κ1) is 17.3. The van der Waals surface area contributed by atoms with E-state index in [1.54, 1.807) is 17.8 Å². The minimum atomic E-state index is -1.11. The van der Waals surface area contributed by atoms with Crippen LogP contribution < -0.4 is 10.6 Å². The van der Waals surface area contributed by atoms with E-state index in [-0.39, 0.29) is 11.3 Å². The Bertz CT molecular complexity index is 512. The number of aromatic carboxylic acids is 1. The third-order valence-electron chi connectivity index (χ3n) is 2.33. The van der Waals surface area contributed by atoms with Gasteiger partial charge in [0.05, 0.1) is 11.3 Å². The fraction of sp³-hybridized carbons (Fsp3) is 0.333. The van der Waals surface area contributed by atoms with Gasteiger partial charge in [-0.25, -0.2) is 9.59 Å². The molecular formula is C12H14Br2N2O3S. The lowest BCUT2D eigenvalue weighted by molar-refractivity contribution is 0.0698. The molecule has 0 radical (unpaired) electrons. The number of amides is 2. The largest absolute Gasteiger partial charge is 0.478 e. The van der Waals surface area contributed by atoms with Crippen LogP contribution in [0.3, 0.4) is 0 Å². The Morgan fingerprint density at radius 2 is 2.05 bits per heavy atom. The SMILES string of the molecule is CSCCCNC(=O)Nc1c(Br)cc(Br)cc1C(=O)O. The van der Waals surface area contributed by atoms with Crippen molar-refractivity contribution in [2.24, 2.45) is 0 Å². The van der Waals surface area contributed by atoms with Gasteiger partial charge in [0.1, 0.15) is 0 Å². The van der Waals surface area contributed by atoms with Crippen LogP contribution in [0.5, 0.6) is 0 Å². The number of carbonyl (C=O) groups is 2. The zero-order chi connectivity index (χ0) is 15.1. The molecule has 8 heteroatoms. The molecule has 0 fully saturated rings. The van der Waals surface area contributed by atoms with Crippen molar-refractivity contribution in [2.75, 3.05) is 23.9 Å². The number of halogens is 2. The maximum atomic E-state index is 11.7. The van der Waals surface area contributed by atoms with Gasteiger partial charge in [-0.2, -0.15) is 11.8 Å². The number of urea groups is 1. The van der Waals surface area contributed by atoms with Gasteiger partial charge >= 0.3 is 12.0 Å². The molecule has 0 bridgehead atoms. The van der Waals surface area contributed by atoms with Crippen LogP contribution in [-0.2, 0) is 0 Å². The van der Waals surface area contributed by atoms with Crippen LogP contribution in [0.2, 0.25) is 0 Å². The predicted octanol–water partition coefficient (Wildman–Crippen LogP) is 3.78. The van der Waals surface area contributed by atoms with Crippen LogP contribution >= 0.6 is 43.6 Å². The molecule has 20 heavy (non-hydrogen) atoms. The molecule has 0 heterocycles. The van der Waals surface area contributed by atoms with E-state index in [4.69, 9.17) is 5.11 Å². The van der Waals surface area contributed by atoms with Crippen molar-refractivity contribution in [1.29, 1.82) is 0 Å². The maximum Gasteiger partial charge on any atom is 0.337 e. The van der Waals surface area contributed by atoms with E-state index in [2.05, 4.69) is 42.5 Å². The Balaban J connectivity index is 2.76. The molecule has 0 aliphatic heterocycles. The third-order valence-corrected chi connectivity index (χ3v) is 4.11. The molecule has 0 aromatic heterocycles. The predicted molar refractivity (Wildman–Crippen MR) is 88.8 cm³/mol. The Labute approximate surface area is 138 Å². The summed E-state index contributed by atoms with van der Waals surface area (Å²) in [6.07, 6.45) is 2.86. The molecule has 1 rings (SSSR count). The molecule has 0 aliphatic carbocycles. The molecular weight excluding hydrogens is 412 g/mol. The van der Waals surface area contributed by atoms with Crippen molar-refractivity contribution in [1.82, 2.24) is 5.32 Å². The summed E-state index contributed by atoms with van der Waals surface area (Å²) in [6, 6.07) is 2.70. The highest BCUT2D eigenvalue weighted by atomic mass is 79.9. The van der Waals surface area contributed by atoms with Crippen LogP contribution in [-0.4, -0.2) is 35.7 Å². The van der Waals surface area contributed by atoms with Gasteiger partial charge in [-0.1, -0.05) is 15.9 Å². The topological polar surface area (TPSA) is 78.4 Å². The van der Waals surface area contributed by atoms with Gasteiger partial charge in [-0.15, -0.1) is 0 Å². The molecule has 5 nitrogen and oxygen atoms in total. The number of thioether (sulfide) groups is 1. The van der Waals surface area contributed by atoms with Gasteiger partial charge in [-0.3, -0.25) is 0 Å². The summed E-state index contributed by atoms with van der Waals surface area (Å²) in [5.41, 5.74) is 0.258. The van der Waals surface area contributed by atoms with Crippen LogP contribution in [0, 0.1) is 0 Å². The number of hydrogen-bond acceptors (Lipinski definition) is 3. The lowest BCUT2D eigenvalue weighted by Crippen LogP contribution is -2.30. The van der Waals surface area contributed by atoms with E-state index in [1.165, 1.54) is 6.07 Å². The summed E-state index contributed by atoms with van der Waals surface area (Å²) >= 11 is 8.17. The molecule has 0 atom stereocenters. The van der Waals surface area contributed by atoms with E-state index >= 15 is 0 Å². The maximum absolute atomic E-state index is 11.7. The minimum absolute atomic E-state index is 0.0190. The number of hydrogen-bond donors (Lipinski definition) is 3. The summed E-state index contributed by atoms with van der Waals surface area (Å²) < 4.78 is 1.12. The van der Waals surface area contributed by atoms with Crippen molar-refractivity contribution >= 4 is 61.3 Å². The van der Waals surface area contributed by atoms with Gasteiger partial charge in [0.25, 0.3) is 0 Å². The Kier molecular flexibility index (Phi) is 7.39. The zero-order valence-corrected chi connectivity index (χ0v) is 14.7. The van der Waals surface area contributed by atoms with E-state index in [9.17, 15) is 9.59 Å². The highest BCUT2D eigenvalue weighted by molar-refractivity contribution is 9.11. The van der Waals surface area contributed by atoms with Gasteiger partial charge < -0.3 is 15.7 Å². The molecule has 0 saturated heterocycles. The van der Waals surface area contributed by atoms with Gasteiger partial charge in [0.15, 0.2) is 0 Å². The van der Waals surface area contributed by atoms with Crippen molar-refractivity contribution in [3.05, 3.63) is 26.6 Å². The minimum Gasteiger partial charge on any atom is -0.478 e. The molecule has 110 valence electrons. The number of carbonyl (C=O) groups excluding carboxylic acids is 1.